The molecule has 0 aliphatic rings. The van der Waals surface area contributed by atoms with Crippen LogP contribution in [0.3, 0.4) is 0 Å². The SMILES string of the molecule is CCCCCCCCC(CCCCCC)C(=O)OCCCC(=O)OCC(COC(=O)CCCOC(=O)C(CCCCCC)CCCCCCCC)N(CCCN(C)C)C(=O)CCC(=O)OC(CCC)CCCCCC. The zero-order chi connectivity index (χ0) is 55.6. The van der Waals surface area contributed by atoms with Gasteiger partial charge in [-0.05, 0) is 84.8 Å². The first-order chi connectivity index (χ1) is 36.4. The summed E-state index contributed by atoms with van der Waals surface area (Å²) >= 11 is 0. The van der Waals surface area contributed by atoms with Crippen molar-refractivity contribution in [3.63, 3.8) is 0 Å². The third-order valence-electron chi connectivity index (χ3n) is 14.3. The van der Waals surface area contributed by atoms with Gasteiger partial charge in [-0.3, -0.25) is 28.8 Å². The van der Waals surface area contributed by atoms with Gasteiger partial charge in [0, 0.05) is 25.8 Å². The summed E-state index contributed by atoms with van der Waals surface area (Å²) < 4.78 is 28.9. The van der Waals surface area contributed by atoms with Crippen molar-refractivity contribution in [3.8, 4) is 0 Å². The van der Waals surface area contributed by atoms with E-state index in [0.29, 0.717) is 13.0 Å². The number of rotatable bonds is 54. The number of carbonyl (C=O) groups is 6. The highest BCUT2D eigenvalue weighted by Crippen LogP contribution is 2.23. The minimum absolute atomic E-state index is 0.00739. The average Bonchev–Trinajstić information content (AvgIpc) is 3.39. The molecule has 0 heterocycles. The van der Waals surface area contributed by atoms with Crippen molar-refractivity contribution in [2.75, 3.05) is 53.6 Å². The van der Waals surface area contributed by atoms with Gasteiger partial charge in [-0.25, -0.2) is 0 Å². The monoisotopic (exact) mass is 1060 g/mol. The van der Waals surface area contributed by atoms with Crippen LogP contribution in [0, 0.1) is 11.8 Å². The molecule has 0 bridgehead atoms. The maximum atomic E-state index is 14.1. The Balaban J connectivity index is 5.91. The third kappa shape index (κ3) is 42.5. The van der Waals surface area contributed by atoms with Gasteiger partial charge < -0.3 is 33.5 Å². The van der Waals surface area contributed by atoms with E-state index in [-0.39, 0.29) is 107 Å². The molecule has 0 fully saturated rings. The van der Waals surface area contributed by atoms with Crippen LogP contribution >= 0.6 is 0 Å². The Bertz CT molecular complexity index is 1340. The lowest BCUT2D eigenvalue weighted by atomic mass is 9.94. The molecule has 0 aromatic rings. The number of unbranched alkanes of at least 4 members (excludes halogenated alkanes) is 19. The molecule has 3 unspecified atom stereocenters. The maximum Gasteiger partial charge on any atom is 0.308 e. The van der Waals surface area contributed by atoms with Crippen LogP contribution in [0.15, 0.2) is 0 Å². The molecule has 75 heavy (non-hydrogen) atoms. The minimum atomic E-state index is -0.823. The highest BCUT2D eigenvalue weighted by Gasteiger charge is 2.28. The Labute approximate surface area is 459 Å². The predicted molar refractivity (Wildman–Crippen MR) is 304 cm³/mol. The number of hydrogen-bond donors (Lipinski definition) is 0. The lowest BCUT2D eigenvalue weighted by Gasteiger charge is -2.32. The maximum absolute atomic E-state index is 14.1. The summed E-state index contributed by atoms with van der Waals surface area (Å²) in [5.74, 6) is -2.44. The van der Waals surface area contributed by atoms with Crippen LogP contribution in [0.25, 0.3) is 0 Å². The Hall–Kier alpha value is -3.22. The fourth-order valence-electron chi connectivity index (χ4n) is 9.55. The summed E-state index contributed by atoms with van der Waals surface area (Å²) in [6.07, 6.45) is 33.6. The predicted octanol–water partition coefficient (Wildman–Crippen LogP) is 15.0. The smallest absolute Gasteiger partial charge is 0.308 e. The van der Waals surface area contributed by atoms with Crippen LogP contribution in [0.5, 0.6) is 0 Å². The summed E-state index contributed by atoms with van der Waals surface area (Å²) in [5.41, 5.74) is 0. The summed E-state index contributed by atoms with van der Waals surface area (Å²) in [6.45, 7) is 13.7. The zero-order valence-electron chi connectivity index (χ0n) is 49.8. The van der Waals surface area contributed by atoms with Crippen molar-refractivity contribution in [3.05, 3.63) is 0 Å². The second-order valence-corrected chi connectivity index (χ2v) is 21.8. The summed E-state index contributed by atoms with van der Waals surface area (Å²) in [5, 5.41) is 0. The molecule has 440 valence electrons. The van der Waals surface area contributed by atoms with E-state index in [2.05, 4.69) is 41.5 Å². The van der Waals surface area contributed by atoms with Crippen LogP contribution < -0.4 is 0 Å². The number of ether oxygens (including phenoxy) is 5. The first kappa shape index (κ1) is 71.8. The molecule has 0 saturated heterocycles. The van der Waals surface area contributed by atoms with E-state index in [1.165, 1.54) is 51.4 Å². The summed E-state index contributed by atoms with van der Waals surface area (Å²) in [6, 6.07) is -0.823. The lowest BCUT2D eigenvalue weighted by molar-refractivity contribution is -0.157. The Morgan fingerprint density at radius 2 is 0.747 bits per heavy atom. The van der Waals surface area contributed by atoms with Crippen LogP contribution in [0.2, 0.25) is 0 Å². The third-order valence-corrected chi connectivity index (χ3v) is 14.3. The molecule has 0 aliphatic carbocycles. The largest absolute Gasteiger partial charge is 0.465 e. The van der Waals surface area contributed by atoms with E-state index in [0.717, 1.165) is 148 Å². The molecule has 0 spiro atoms. The molecular weight excluding hydrogens is 949 g/mol. The number of nitrogens with zero attached hydrogens (tertiary/aromatic N) is 2. The fourth-order valence-corrected chi connectivity index (χ4v) is 9.55. The van der Waals surface area contributed by atoms with E-state index in [4.69, 9.17) is 23.7 Å². The zero-order valence-corrected chi connectivity index (χ0v) is 49.8. The number of esters is 5. The van der Waals surface area contributed by atoms with Gasteiger partial charge in [0.1, 0.15) is 19.3 Å². The Morgan fingerprint density at radius 3 is 1.15 bits per heavy atom. The molecular formula is C62H116N2O11. The van der Waals surface area contributed by atoms with Crippen LogP contribution in [0.4, 0.5) is 0 Å². The number of amides is 1. The second kappa shape index (κ2) is 51.5. The topological polar surface area (TPSA) is 155 Å². The second-order valence-electron chi connectivity index (χ2n) is 21.8. The van der Waals surface area contributed by atoms with E-state index < -0.39 is 23.9 Å². The normalized spacial score (nSPS) is 13.0. The van der Waals surface area contributed by atoms with Gasteiger partial charge in [0.05, 0.1) is 37.5 Å². The van der Waals surface area contributed by atoms with Crippen molar-refractivity contribution >= 4 is 35.8 Å². The van der Waals surface area contributed by atoms with Gasteiger partial charge in [-0.2, -0.15) is 0 Å². The van der Waals surface area contributed by atoms with E-state index in [1.54, 1.807) is 4.90 Å². The molecule has 0 rings (SSSR count). The first-order valence-corrected chi connectivity index (χ1v) is 31.1. The van der Waals surface area contributed by atoms with Crippen molar-refractivity contribution < 1.29 is 52.5 Å². The van der Waals surface area contributed by atoms with Crippen LogP contribution in [-0.2, 0) is 52.5 Å². The van der Waals surface area contributed by atoms with Gasteiger partial charge in [0.15, 0.2) is 0 Å². The van der Waals surface area contributed by atoms with Gasteiger partial charge in [-0.15, -0.1) is 0 Å². The Kier molecular flexibility index (Phi) is 49.3. The van der Waals surface area contributed by atoms with Gasteiger partial charge in [0.2, 0.25) is 5.91 Å². The molecule has 0 N–H and O–H groups in total. The molecule has 1 amide bonds. The molecule has 0 aromatic heterocycles. The minimum Gasteiger partial charge on any atom is -0.465 e. The highest BCUT2D eigenvalue weighted by molar-refractivity contribution is 5.82. The fraction of sp³-hybridized carbons (Fsp3) is 0.903. The average molecular weight is 1070 g/mol. The van der Waals surface area contributed by atoms with Crippen molar-refractivity contribution in [2.45, 2.75) is 298 Å². The van der Waals surface area contributed by atoms with Crippen LogP contribution in [-0.4, -0.2) is 111 Å². The van der Waals surface area contributed by atoms with E-state index in [9.17, 15) is 28.8 Å². The van der Waals surface area contributed by atoms with Gasteiger partial charge in [0.25, 0.3) is 0 Å². The molecule has 0 aliphatic heterocycles. The molecule has 13 nitrogen and oxygen atoms in total. The first-order valence-electron chi connectivity index (χ1n) is 31.1. The molecule has 0 radical (unpaired) electrons. The van der Waals surface area contributed by atoms with E-state index in [1.807, 2.05) is 19.0 Å². The molecule has 0 aromatic carbocycles. The van der Waals surface area contributed by atoms with Crippen molar-refractivity contribution in [2.24, 2.45) is 11.8 Å². The van der Waals surface area contributed by atoms with Crippen molar-refractivity contribution in [1.82, 2.24) is 9.80 Å². The molecule has 3 atom stereocenters. The van der Waals surface area contributed by atoms with Gasteiger partial charge in [-0.1, -0.05) is 196 Å². The summed E-state index contributed by atoms with van der Waals surface area (Å²) in [4.78, 5) is 84.0. The van der Waals surface area contributed by atoms with Gasteiger partial charge >= 0.3 is 29.8 Å². The highest BCUT2D eigenvalue weighted by atomic mass is 16.6. The molecule has 13 heteroatoms. The Morgan fingerprint density at radius 1 is 0.360 bits per heavy atom. The lowest BCUT2D eigenvalue weighted by Crippen LogP contribution is -2.47. The summed E-state index contributed by atoms with van der Waals surface area (Å²) in [7, 11) is 3.89. The standard InChI is InChI=1S/C62H116N2O11/c1-9-15-20-25-27-31-40-53(38-29-22-17-11-3)61(69)71-49-34-43-58(66)73-51-55(64(48-36-47-63(7)8)57(65)45-46-60(68)75-56(37-14-6)42-33-24-19-13-5)52-74-59(67)44-35-50-72-62(70)54(39-30-23-18-12-4)41-32-28-26-21-16-10-2/h53-56H,9-52H2,1-8H3. The van der Waals surface area contributed by atoms with Crippen LogP contribution in [0.1, 0.15) is 286 Å². The molecule has 0 saturated carbocycles. The number of carbonyl (C=O) groups excluding carboxylic acids is 6. The number of hydrogen-bond acceptors (Lipinski definition) is 12. The van der Waals surface area contributed by atoms with E-state index >= 15 is 0 Å². The van der Waals surface area contributed by atoms with Crippen molar-refractivity contribution in [1.29, 1.82) is 0 Å². The quantitative estimate of drug-likeness (QED) is 0.0323.